The van der Waals surface area contributed by atoms with E-state index < -0.39 is 5.78 Å². The molecule has 0 aliphatic carbocycles. The highest BCUT2D eigenvalue weighted by Gasteiger charge is 2.23. The summed E-state index contributed by atoms with van der Waals surface area (Å²) in [6, 6.07) is 23.7. The number of nitriles is 1. The topological polar surface area (TPSA) is 99.3 Å². The second kappa shape index (κ2) is 10.8. The Morgan fingerprint density at radius 1 is 0.969 bits per heavy atom. The minimum absolute atomic E-state index is 0.0970. The van der Waals surface area contributed by atoms with Gasteiger partial charge in [-0.3, -0.25) is 15.0 Å². The highest BCUT2D eigenvalue weighted by molar-refractivity contribution is 8.19. The van der Waals surface area contributed by atoms with Gasteiger partial charge in [-0.15, -0.1) is 0 Å². The first-order valence-corrected chi connectivity index (χ1v) is 10.5. The van der Waals surface area contributed by atoms with E-state index in [1.807, 2.05) is 54.6 Å². The van der Waals surface area contributed by atoms with Gasteiger partial charge in [-0.25, -0.2) is 0 Å². The average molecular weight is 444 g/mol. The molecule has 0 amide bonds. The van der Waals surface area contributed by atoms with Gasteiger partial charge in [0.1, 0.15) is 16.7 Å². The van der Waals surface area contributed by atoms with E-state index >= 15 is 0 Å². The van der Waals surface area contributed by atoms with Crippen LogP contribution < -0.4 is 10.7 Å². The van der Waals surface area contributed by atoms with Crippen molar-refractivity contribution in [2.75, 3.05) is 10.7 Å². The van der Waals surface area contributed by atoms with Gasteiger partial charge >= 0.3 is 0 Å². The summed E-state index contributed by atoms with van der Waals surface area (Å²) >= 11 is 0.930. The SMILES string of the molecule is CC(=O)/C(=N\Nc1ccccc1)S/C(Nc1ccccc1)=C(/C#N)C(=O)c1cccn1C. The predicted octanol–water partition coefficient (Wildman–Crippen LogP) is 4.80. The Labute approximate surface area is 190 Å². The van der Waals surface area contributed by atoms with Crippen LogP contribution in [0.2, 0.25) is 0 Å². The maximum atomic E-state index is 13.1. The minimum atomic E-state index is -0.454. The maximum Gasteiger partial charge on any atom is 0.222 e. The number of carbonyl (C=O) groups excluding carboxylic acids is 2. The molecule has 0 radical (unpaired) electrons. The van der Waals surface area contributed by atoms with Crippen molar-refractivity contribution < 1.29 is 9.59 Å². The molecule has 1 aromatic heterocycles. The van der Waals surface area contributed by atoms with Crippen LogP contribution in [0, 0.1) is 11.3 Å². The third-order valence-electron chi connectivity index (χ3n) is 4.33. The molecule has 0 saturated heterocycles. The highest BCUT2D eigenvalue weighted by atomic mass is 32.2. The van der Waals surface area contributed by atoms with E-state index in [1.54, 1.807) is 42.1 Å². The van der Waals surface area contributed by atoms with Crippen LogP contribution in [0.3, 0.4) is 0 Å². The van der Waals surface area contributed by atoms with Crippen molar-refractivity contribution in [3.63, 3.8) is 0 Å². The van der Waals surface area contributed by atoms with E-state index in [9.17, 15) is 14.9 Å². The number of aryl methyl sites for hydroxylation is 1. The fraction of sp³-hybridized carbons (Fsp3) is 0.0833. The fourth-order valence-corrected chi connectivity index (χ4v) is 3.56. The van der Waals surface area contributed by atoms with Crippen molar-refractivity contribution in [3.05, 3.63) is 95.3 Å². The summed E-state index contributed by atoms with van der Waals surface area (Å²) in [7, 11) is 1.73. The zero-order valence-electron chi connectivity index (χ0n) is 17.6. The number of anilines is 2. The number of nitrogens with one attached hydrogen (secondary N) is 2. The third-order valence-corrected chi connectivity index (χ3v) is 5.42. The standard InChI is InChI=1S/C24H21N5O2S/c1-17(30)23(28-27-19-12-7-4-8-13-19)32-24(26-18-10-5-3-6-11-18)20(16-25)22(31)21-14-9-15-29(21)2/h3-15,26-27H,1-2H3/b24-20-,28-23+. The molecule has 3 aromatic rings. The molecule has 0 unspecified atom stereocenters. The van der Waals surface area contributed by atoms with Crippen LogP contribution in [0.25, 0.3) is 0 Å². The number of aromatic nitrogens is 1. The molecule has 0 aliphatic rings. The van der Waals surface area contributed by atoms with Crippen LogP contribution >= 0.6 is 11.8 Å². The van der Waals surface area contributed by atoms with Crippen LogP contribution in [0.15, 0.2) is 94.7 Å². The van der Waals surface area contributed by atoms with Crippen LogP contribution in [-0.4, -0.2) is 21.2 Å². The van der Waals surface area contributed by atoms with Crippen molar-refractivity contribution in [1.82, 2.24) is 4.57 Å². The number of ketones is 2. The summed E-state index contributed by atoms with van der Waals surface area (Å²) in [6.07, 6.45) is 1.73. The number of para-hydroxylation sites is 2. The zero-order chi connectivity index (χ0) is 22.9. The van der Waals surface area contributed by atoms with E-state index in [4.69, 9.17) is 0 Å². The molecule has 0 bridgehead atoms. The predicted molar refractivity (Wildman–Crippen MR) is 128 cm³/mol. The minimum Gasteiger partial charge on any atom is -0.349 e. The first-order valence-electron chi connectivity index (χ1n) is 9.69. The van der Waals surface area contributed by atoms with E-state index in [0.717, 1.165) is 11.8 Å². The summed E-state index contributed by atoms with van der Waals surface area (Å²) < 4.78 is 1.64. The molecule has 0 spiro atoms. The normalized spacial score (nSPS) is 11.8. The lowest BCUT2D eigenvalue weighted by Gasteiger charge is -2.13. The number of hydrogen-bond acceptors (Lipinski definition) is 7. The molecule has 8 heteroatoms. The number of benzene rings is 2. The van der Waals surface area contributed by atoms with Crippen molar-refractivity contribution in [2.45, 2.75) is 6.92 Å². The van der Waals surface area contributed by atoms with Crippen LogP contribution in [0.1, 0.15) is 17.4 Å². The molecule has 160 valence electrons. The summed E-state index contributed by atoms with van der Waals surface area (Å²) in [5.74, 6) is -0.765. The molecule has 32 heavy (non-hydrogen) atoms. The molecular weight excluding hydrogens is 422 g/mol. The Hall–Kier alpha value is -4.09. The highest BCUT2D eigenvalue weighted by Crippen LogP contribution is 2.27. The van der Waals surface area contributed by atoms with E-state index in [2.05, 4.69) is 15.8 Å². The Balaban J connectivity index is 2.01. The number of hydrazone groups is 1. The molecule has 0 fully saturated rings. The number of allylic oxidation sites excluding steroid dienone is 1. The molecular formula is C24H21N5O2S. The van der Waals surface area contributed by atoms with Gasteiger partial charge < -0.3 is 9.88 Å². The molecule has 0 atom stereocenters. The lowest BCUT2D eigenvalue weighted by atomic mass is 10.1. The average Bonchev–Trinajstić information content (AvgIpc) is 3.23. The van der Waals surface area contributed by atoms with Gasteiger partial charge in [-0.2, -0.15) is 10.4 Å². The fourth-order valence-electron chi connectivity index (χ4n) is 2.72. The third kappa shape index (κ3) is 5.74. The van der Waals surface area contributed by atoms with Gasteiger partial charge in [-0.05, 0) is 48.2 Å². The van der Waals surface area contributed by atoms with Crippen molar-refractivity contribution in [1.29, 1.82) is 5.26 Å². The quantitative estimate of drug-likeness (QED) is 0.130. The number of carbonyl (C=O) groups is 2. The summed E-state index contributed by atoms with van der Waals surface area (Å²) in [4.78, 5) is 25.4. The van der Waals surface area contributed by atoms with Gasteiger partial charge in [-0.1, -0.05) is 36.4 Å². The maximum absolute atomic E-state index is 13.1. The summed E-state index contributed by atoms with van der Waals surface area (Å²) in [5, 5.41) is 17.5. The second-order valence-corrected chi connectivity index (χ2v) is 7.69. The number of hydrogen-bond donors (Lipinski definition) is 2. The zero-order valence-corrected chi connectivity index (χ0v) is 18.4. The van der Waals surface area contributed by atoms with Gasteiger partial charge in [0.05, 0.1) is 11.4 Å². The molecule has 3 rings (SSSR count). The molecule has 0 aliphatic heterocycles. The van der Waals surface area contributed by atoms with Crippen LogP contribution in [0.4, 0.5) is 11.4 Å². The van der Waals surface area contributed by atoms with Gasteiger partial charge in [0.2, 0.25) is 5.78 Å². The second-order valence-electron chi connectivity index (χ2n) is 6.69. The Morgan fingerprint density at radius 3 is 2.12 bits per heavy atom. The van der Waals surface area contributed by atoms with Gasteiger partial charge in [0, 0.05) is 25.9 Å². The molecule has 1 heterocycles. The first-order chi connectivity index (χ1) is 15.5. The Bertz CT molecular complexity index is 1210. The van der Waals surface area contributed by atoms with Gasteiger partial charge in [0.15, 0.2) is 10.8 Å². The smallest absolute Gasteiger partial charge is 0.222 e. The number of Topliss-reactive ketones (excluding diaryl/α,β-unsaturated/α-hetero) is 2. The van der Waals surface area contributed by atoms with Crippen molar-refractivity contribution in [2.24, 2.45) is 12.1 Å². The van der Waals surface area contributed by atoms with E-state index in [-0.39, 0.29) is 21.4 Å². The van der Waals surface area contributed by atoms with Crippen molar-refractivity contribution in [3.8, 4) is 6.07 Å². The molecule has 2 aromatic carbocycles. The summed E-state index contributed by atoms with van der Waals surface area (Å²) in [5.41, 5.74) is 4.46. The monoisotopic (exact) mass is 443 g/mol. The first kappa shape index (κ1) is 22.6. The van der Waals surface area contributed by atoms with Gasteiger partial charge in [0.25, 0.3) is 0 Å². The summed E-state index contributed by atoms with van der Waals surface area (Å²) in [6.45, 7) is 1.38. The Kier molecular flexibility index (Phi) is 7.62. The van der Waals surface area contributed by atoms with Crippen molar-refractivity contribution >= 4 is 39.7 Å². The lowest BCUT2D eigenvalue weighted by Crippen LogP contribution is -2.15. The van der Waals surface area contributed by atoms with Crippen LogP contribution in [-0.2, 0) is 11.8 Å². The lowest BCUT2D eigenvalue weighted by molar-refractivity contribution is -0.110. The van der Waals surface area contributed by atoms with E-state index in [0.29, 0.717) is 17.1 Å². The Morgan fingerprint density at radius 2 is 1.59 bits per heavy atom. The van der Waals surface area contributed by atoms with E-state index in [1.165, 1.54) is 6.92 Å². The number of thioether (sulfide) groups is 1. The molecule has 0 saturated carbocycles. The number of rotatable bonds is 8. The van der Waals surface area contributed by atoms with Crippen LogP contribution in [0.5, 0.6) is 0 Å². The molecule has 7 nitrogen and oxygen atoms in total. The largest absolute Gasteiger partial charge is 0.349 e. The molecule has 2 N–H and O–H groups in total. The number of nitrogens with zero attached hydrogens (tertiary/aromatic N) is 3.